The Morgan fingerprint density at radius 1 is 0.591 bits per heavy atom. The van der Waals surface area contributed by atoms with Gasteiger partial charge in [0, 0.05) is 39.4 Å². The summed E-state index contributed by atoms with van der Waals surface area (Å²) in [5, 5.41) is 20.8. The summed E-state index contributed by atoms with van der Waals surface area (Å²) < 4.78 is 16.8. The molecular weight excluding hydrogens is 946 g/mol. The van der Waals surface area contributed by atoms with Gasteiger partial charge in [-0.05, 0) is 219 Å². The van der Waals surface area contributed by atoms with E-state index in [9.17, 15) is 19.2 Å². The summed E-state index contributed by atoms with van der Waals surface area (Å²) >= 11 is 2.24. The van der Waals surface area contributed by atoms with Crippen molar-refractivity contribution in [2.45, 2.75) is 142 Å². The molecule has 0 spiro atoms. The number of rotatable bonds is 17. The van der Waals surface area contributed by atoms with Gasteiger partial charge in [0.1, 0.15) is 23.5 Å². The van der Waals surface area contributed by atoms with E-state index in [0.717, 1.165) is 66.1 Å². The maximum absolute atomic E-state index is 13.7. The van der Waals surface area contributed by atoms with Crippen molar-refractivity contribution >= 4 is 70.2 Å². The highest BCUT2D eigenvalue weighted by Crippen LogP contribution is 2.52. The number of anilines is 2. The number of aromatic nitrogens is 4. The first-order chi connectivity index (χ1) is 31.4. The van der Waals surface area contributed by atoms with E-state index in [2.05, 4.69) is 54.1 Å². The lowest BCUT2D eigenvalue weighted by Crippen LogP contribution is -2.50. The van der Waals surface area contributed by atoms with E-state index < -0.39 is 30.4 Å². The lowest BCUT2D eigenvalue weighted by atomic mass is 9.79. The molecule has 2 aromatic carbocycles. The van der Waals surface area contributed by atoms with Gasteiger partial charge in [0.05, 0.1) is 11.2 Å². The Hall–Kier alpha value is -4.55. The van der Waals surface area contributed by atoms with E-state index in [1.807, 2.05) is 104 Å². The molecule has 0 unspecified atom stereocenters. The van der Waals surface area contributed by atoms with Crippen molar-refractivity contribution in [3.63, 3.8) is 0 Å². The zero-order chi connectivity index (χ0) is 47.1. The largest absolute Gasteiger partial charge is 0.494 e. The zero-order valence-electron chi connectivity index (χ0n) is 39.6. The Balaban J connectivity index is 0.000000185. The van der Waals surface area contributed by atoms with Crippen LogP contribution in [0.4, 0.5) is 11.4 Å². The molecule has 4 aromatic rings. The van der Waals surface area contributed by atoms with Gasteiger partial charge in [0.2, 0.25) is 11.8 Å². The van der Waals surface area contributed by atoms with Crippen molar-refractivity contribution in [3.8, 4) is 0 Å². The minimum Gasteiger partial charge on any atom is -0.399 e. The van der Waals surface area contributed by atoms with E-state index >= 15 is 0 Å². The fourth-order valence-electron chi connectivity index (χ4n) is 9.37. The molecule has 3 heterocycles. The van der Waals surface area contributed by atoms with Crippen LogP contribution in [0.25, 0.3) is 0 Å². The first-order valence-corrected chi connectivity index (χ1v) is 25.0. The molecule has 2 atom stereocenters. The Morgan fingerprint density at radius 3 is 1.27 bits per heavy atom. The Bertz CT molecular complexity index is 2320. The third-order valence-corrected chi connectivity index (χ3v) is 14.9. The highest BCUT2D eigenvalue weighted by Gasteiger charge is 2.52. The topological polar surface area (TPSA) is 170 Å². The van der Waals surface area contributed by atoms with Crippen molar-refractivity contribution in [2.75, 3.05) is 10.6 Å². The number of halogens is 1. The molecule has 5 aliphatic rings. The smallest absolute Gasteiger partial charge is 0.399 e. The van der Waals surface area contributed by atoms with Crippen LogP contribution in [-0.2, 0) is 18.9 Å². The molecule has 4 aliphatic carbocycles. The second kappa shape index (κ2) is 19.6. The molecule has 0 bridgehead atoms. The maximum atomic E-state index is 13.7. The number of carbonyl (C=O) groups excluding carboxylic acids is 4. The van der Waals surface area contributed by atoms with Crippen LogP contribution in [0.1, 0.15) is 140 Å². The van der Waals surface area contributed by atoms with Crippen molar-refractivity contribution in [3.05, 3.63) is 88.0 Å². The van der Waals surface area contributed by atoms with Gasteiger partial charge >= 0.3 is 7.12 Å². The summed E-state index contributed by atoms with van der Waals surface area (Å²) in [6.07, 6.45) is 12.3. The Morgan fingerprint density at radius 2 is 0.939 bits per heavy atom. The van der Waals surface area contributed by atoms with Crippen LogP contribution in [0.2, 0.25) is 0 Å². The first-order valence-electron chi connectivity index (χ1n) is 23.9. The van der Waals surface area contributed by atoms with E-state index in [4.69, 9.17) is 9.31 Å². The average molecular weight is 1010 g/mol. The van der Waals surface area contributed by atoms with Gasteiger partial charge in [-0.15, -0.1) is 0 Å². The molecule has 4 amide bonds. The van der Waals surface area contributed by atoms with E-state index in [0.29, 0.717) is 40.7 Å². The van der Waals surface area contributed by atoms with Crippen LogP contribution >= 0.6 is 22.6 Å². The van der Waals surface area contributed by atoms with Crippen molar-refractivity contribution in [2.24, 2.45) is 35.5 Å². The third-order valence-electron chi connectivity index (χ3n) is 14.2. The third kappa shape index (κ3) is 11.2. The molecule has 1 aliphatic heterocycles. The number of benzene rings is 2. The van der Waals surface area contributed by atoms with E-state index in [-0.39, 0.29) is 47.5 Å². The molecule has 352 valence electrons. The van der Waals surface area contributed by atoms with Gasteiger partial charge < -0.3 is 30.6 Å². The first kappa shape index (κ1) is 47.9. The standard InChI is InChI=1S/C28H39BN4O4.C22H27IN4O2/c1-17(2)33-22(15-16-30-33)25(34)32-24(23(18-7-8-18)19-9-10-19)26(35)31-21-13-11-20(12-14-21)29-36-27(3,4)28(5,6)37-29;1-13(2)27-18(11-12-24-27)21(28)26-20(19(14-3-4-14)15-5-6-15)22(29)25-17-9-7-16(23)8-10-17/h11-19,23-24H,7-10H2,1-6H3,(H,31,35)(H,32,34);7-15,19-20H,3-6H2,1-2H3,(H,25,29)(H,26,28)/t24-;20-/m00/s1. The maximum Gasteiger partial charge on any atom is 0.494 e. The zero-order valence-corrected chi connectivity index (χ0v) is 41.7. The predicted octanol–water partition coefficient (Wildman–Crippen LogP) is 8.18. The average Bonchev–Trinajstić information content (AvgIpc) is 4.04. The van der Waals surface area contributed by atoms with E-state index in [1.54, 1.807) is 33.9 Å². The minimum atomic E-state index is -0.592. The summed E-state index contributed by atoms with van der Waals surface area (Å²) in [6.45, 7) is 16.1. The fourth-order valence-corrected chi connectivity index (χ4v) is 9.73. The lowest BCUT2D eigenvalue weighted by molar-refractivity contribution is -0.120. The summed E-state index contributed by atoms with van der Waals surface area (Å²) in [4.78, 5) is 53.3. The van der Waals surface area contributed by atoms with Crippen LogP contribution in [0.3, 0.4) is 0 Å². The number of hydrogen-bond acceptors (Lipinski definition) is 8. The summed E-state index contributed by atoms with van der Waals surface area (Å²) in [5.74, 6) is 1.62. The van der Waals surface area contributed by atoms with Gasteiger partial charge in [-0.3, -0.25) is 28.5 Å². The monoisotopic (exact) mass is 1010 g/mol. The summed E-state index contributed by atoms with van der Waals surface area (Å²) in [6, 6.07) is 17.7. The molecule has 2 aromatic heterocycles. The molecular formula is C50H66BIN8O6. The van der Waals surface area contributed by atoms with Crippen molar-refractivity contribution in [1.82, 2.24) is 30.2 Å². The van der Waals surface area contributed by atoms with Gasteiger partial charge in [-0.2, -0.15) is 10.2 Å². The molecule has 5 fully saturated rings. The molecule has 16 heteroatoms. The molecule has 14 nitrogen and oxygen atoms in total. The molecule has 4 saturated carbocycles. The predicted molar refractivity (Wildman–Crippen MR) is 264 cm³/mol. The molecule has 9 rings (SSSR count). The number of carbonyl (C=O) groups is 4. The second-order valence-electron chi connectivity index (χ2n) is 20.6. The highest BCUT2D eigenvalue weighted by atomic mass is 127. The van der Waals surface area contributed by atoms with Crippen LogP contribution in [0.15, 0.2) is 73.1 Å². The van der Waals surface area contributed by atoms with Crippen LogP contribution in [-0.4, -0.2) is 73.6 Å². The highest BCUT2D eigenvalue weighted by molar-refractivity contribution is 14.1. The van der Waals surface area contributed by atoms with E-state index in [1.165, 1.54) is 0 Å². The normalized spacial score (nSPS) is 19.6. The van der Waals surface area contributed by atoms with Gasteiger partial charge in [-0.25, -0.2) is 0 Å². The fraction of sp³-hybridized carbons (Fsp3) is 0.560. The van der Waals surface area contributed by atoms with Gasteiger partial charge in [0.15, 0.2) is 0 Å². The molecule has 4 N–H and O–H groups in total. The minimum absolute atomic E-state index is 0.0492. The number of hydrogen-bond donors (Lipinski definition) is 4. The summed E-state index contributed by atoms with van der Waals surface area (Å²) in [7, 11) is -0.457. The number of amides is 4. The van der Waals surface area contributed by atoms with Crippen molar-refractivity contribution in [1.29, 1.82) is 0 Å². The quantitative estimate of drug-likeness (QED) is 0.0607. The van der Waals surface area contributed by atoms with Crippen LogP contribution in [0.5, 0.6) is 0 Å². The Kier molecular flexibility index (Phi) is 14.2. The second-order valence-corrected chi connectivity index (χ2v) is 21.9. The summed E-state index contributed by atoms with van der Waals surface area (Å²) in [5.41, 5.74) is 2.48. The molecule has 66 heavy (non-hydrogen) atoms. The molecule has 0 radical (unpaired) electrons. The van der Waals surface area contributed by atoms with Crippen LogP contribution in [0, 0.1) is 39.1 Å². The lowest BCUT2D eigenvalue weighted by Gasteiger charge is -2.32. The number of nitrogens with zero attached hydrogens (tertiary/aromatic N) is 4. The Labute approximate surface area is 403 Å². The SMILES string of the molecule is CC(C)n1nccc1C(=O)N[C@H](C(=O)Nc1ccc(B2OC(C)(C)C(C)(C)O2)cc1)C(C1CC1)C1CC1.CC(C)n1nccc1C(=O)N[C@H](C(=O)Nc1ccc(I)cc1)C(C1CC1)C1CC1. The van der Waals surface area contributed by atoms with Crippen molar-refractivity contribution < 1.29 is 28.5 Å². The van der Waals surface area contributed by atoms with Crippen LogP contribution < -0.4 is 26.7 Å². The van der Waals surface area contributed by atoms with Gasteiger partial charge in [0.25, 0.3) is 11.8 Å². The van der Waals surface area contributed by atoms with Gasteiger partial charge in [-0.1, -0.05) is 12.1 Å². The molecule has 1 saturated heterocycles. The number of nitrogens with one attached hydrogen (secondary N) is 4.